The first-order valence-electron chi connectivity index (χ1n) is 19.4. The number of methoxy groups -OCH3 is 3. The highest BCUT2D eigenvalue weighted by molar-refractivity contribution is 5.98. The summed E-state index contributed by atoms with van der Waals surface area (Å²) in [6.07, 6.45) is 15.1. The lowest BCUT2D eigenvalue weighted by atomic mass is 9.63. The van der Waals surface area contributed by atoms with Gasteiger partial charge >= 0.3 is 5.97 Å². The van der Waals surface area contributed by atoms with E-state index in [9.17, 15) is 24.6 Å². The molecule has 6 rings (SSSR count). The number of ketones is 1. The van der Waals surface area contributed by atoms with E-state index in [0.29, 0.717) is 73.2 Å². The van der Waals surface area contributed by atoms with Crippen LogP contribution in [0.15, 0.2) is 35.4 Å². The van der Waals surface area contributed by atoms with Gasteiger partial charge in [-0.2, -0.15) is 0 Å². The van der Waals surface area contributed by atoms with Crippen molar-refractivity contribution in [1.82, 2.24) is 5.32 Å². The van der Waals surface area contributed by atoms with Crippen molar-refractivity contribution in [3.8, 4) is 28.7 Å². The molecule has 2 aromatic rings. The third kappa shape index (κ3) is 8.36. The zero-order valence-corrected chi connectivity index (χ0v) is 31.6. The number of Topliss-reactive ketones (excluding diaryl/α,β-unsaturated/α-hetero) is 1. The van der Waals surface area contributed by atoms with E-state index in [1.807, 2.05) is 6.08 Å². The Morgan fingerprint density at radius 2 is 1.64 bits per heavy atom. The van der Waals surface area contributed by atoms with Crippen LogP contribution in [0.5, 0.6) is 28.7 Å². The molecule has 0 radical (unpaired) electrons. The number of rotatable bonds is 8. The Morgan fingerprint density at radius 3 is 2.38 bits per heavy atom. The molecule has 3 N–H and O–H groups in total. The van der Waals surface area contributed by atoms with Gasteiger partial charge in [0.1, 0.15) is 22.8 Å². The Kier molecular flexibility index (Phi) is 12.4. The highest BCUT2D eigenvalue weighted by atomic mass is 16.5. The molecule has 1 fully saturated rings. The van der Waals surface area contributed by atoms with Crippen molar-refractivity contribution >= 4 is 23.7 Å². The summed E-state index contributed by atoms with van der Waals surface area (Å²) in [7, 11) is 4.50. The van der Waals surface area contributed by atoms with Gasteiger partial charge < -0.3 is 34.5 Å². The van der Waals surface area contributed by atoms with Crippen LogP contribution in [0, 0.1) is 11.8 Å². The van der Waals surface area contributed by atoms with Crippen LogP contribution in [0.3, 0.4) is 0 Å². The molecular weight excluding hydrogens is 674 g/mol. The number of ether oxygens (including phenoxy) is 4. The predicted octanol–water partition coefficient (Wildman–Crippen LogP) is 8.30. The fourth-order valence-electron chi connectivity index (χ4n) is 9.25. The van der Waals surface area contributed by atoms with E-state index in [-0.39, 0.29) is 46.6 Å². The molecule has 10 nitrogen and oxygen atoms in total. The minimum absolute atomic E-state index is 0.0255. The molecule has 2 aromatic carbocycles. The molecule has 0 saturated heterocycles. The van der Waals surface area contributed by atoms with Crippen LogP contribution in [0.25, 0.3) is 6.08 Å². The number of phenolic OH excluding ortho intramolecular Hbond substituents is 2. The summed E-state index contributed by atoms with van der Waals surface area (Å²) < 4.78 is 22.8. The number of hydrogen-bond acceptors (Lipinski definition) is 9. The first-order chi connectivity index (χ1) is 25.6. The molecule has 10 heteroatoms. The van der Waals surface area contributed by atoms with Crippen LogP contribution in [-0.4, -0.2) is 61.3 Å². The standard InChI is InChI=1S/C43H55NO9/c1-25-12-10-17-30(45)16-7-5-6-14-27-21-34(46)39(41(48)38(27)43(49)53-25)33(29-22-35(50-2)42(52-4)36(23-29)51-3)24-37(47)44-40-28-15-11-19-32(40)31-18-9-8-13-26(31)20-28/h6,14,21-23,25,28,32-33,40,46,48H,5,7-13,15-20,24H2,1-4H3,(H,44,47). The lowest BCUT2D eigenvalue weighted by molar-refractivity contribution is -0.123. The lowest BCUT2D eigenvalue weighted by Crippen LogP contribution is -2.51. The molecule has 5 unspecified atom stereocenters. The number of nitrogens with one attached hydrogen (secondary N) is 1. The summed E-state index contributed by atoms with van der Waals surface area (Å²) in [5, 5.41) is 27.3. The Labute approximate surface area is 312 Å². The summed E-state index contributed by atoms with van der Waals surface area (Å²) in [6, 6.07) is 4.88. The molecule has 1 aliphatic heterocycles. The van der Waals surface area contributed by atoms with Crippen molar-refractivity contribution < 1.29 is 43.5 Å². The maximum Gasteiger partial charge on any atom is 0.342 e. The number of fused-ring (bicyclic) bond motifs is 4. The number of aromatic hydroxyl groups is 2. The maximum atomic E-state index is 14.3. The number of carbonyl (C=O) groups excluding carboxylic acids is 3. The van der Waals surface area contributed by atoms with E-state index in [4.69, 9.17) is 18.9 Å². The van der Waals surface area contributed by atoms with Crippen molar-refractivity contribution in [1.29, 1.82) is 0 Å². The fourth-order valence-corrected chi connectivity index (χ4v) is 9.25. The van der Waals surface area contributed by atoms with Crippen LogP contribution in [0.2, 0.25) is 0 Å². The molecule has 0 aromatic heterocycles. The molecule has 1 heterocycles. The molecule has 4 aliphatic rings. The number of hydrogen-bond donors (Lipinski definition) is 3. The normalized spacial score (nSPS) is 24.2. The Morgan fingerprint density at radius 1 is 0.906 bits per heavy atom. The van der Waals surface area contributed by atoms with Gasteiger partial charge in [-0.15, -0.1) is 0 Å². The van der Waals surface area contributed by atoms with Crippen LogP contribution < -0.4 is 19.5 Å². The summed E-state index contributed by atoms with van der Waals surface area (Å²) in [4.78, 5) is 40.5. The minimum Gasteiger partial charge on any atom is -0.507 e. The molecule has 2 bridgehead atoms. The number of esters is 1. The first kappa shape index (κ1) is 38.3. The predicted molar refractivity (Wildman–Crippen MR) is 202 cm³/mol. The van der Waals surface area contributed by atoms with Gasteiger partial charge in [0, 0.05) is 42.7 Å². The molecule has 0 spiro atoms. The van der Waals surface area contributed by atoms with Crippen molar-refractivity contribution in [3.63, 3.8) is 0 Å². The average Bonchev–Trinajstić information content (AvgIpc) is 3.13. The van der Waals surface area contributed by atoms with E-state index >= 15 is 0 Å². The van der Waals surface area contributed by atoms with E-state index in [1.165, 1.54) is 46.7 Å². The molecule has 1 amide bonds. The van der Waals surface area contributed by atoms with Gasteiger partial charge in [-0.1, -0.05) is 29.7 Å². The average molecular weight is 730 g/mol. The number of carbonyl (C=O) groups is 3. The summed E-state index contributed by atoms with van der Waals surface area (Å²) in [5.41, 5.74) is 3.89. The van der Waals surface area contributed by atoms with Gasteiger partial charge in [0.2, 0.25) is 11.7 Å². The van der Waals surface area contributed by atoms with Crippen molar-refractivity contribution in [2.24, 2.45) is 11.8 Å². The van der Waals surface area contributed by atoms with Gasteiger partial charge in [-0.3, -0.25) is 9.59 Å². The monoisotopic (exact) mass is 729 g/mol. The second-order valence-corrected chi connectivity index (χ2v) is 15.2. The Balaban J connectivity index is 1.42. The van der Waals surface area contributed by atoms with E-state index in [2.05, 4.69) is 5.32 Å². The zero-order valence-electron chi connectivity index (χ0n) is 31.6. The van der Waals surface area contributed by atoms with E-state index in [1.54, 1.807) is 36.3 Å². The second-order valence-electron chi connectivity index (χ2n) is 15.2. The fraction of sp³-hybridized carbons (Fsp3) is 0.558. The smallest absolute Gasteiger partial charge is 0.342 e. The quantitative estimate of drug-likeness (QED) is 0.181. The largest absolute Gasteiger partial charge is 0.507 e. The molecule has 286 valence electrons. The van der Waals surface area contributed by atoms with Crippen molar-refractivity contribution in [2.75, 3.05) is 21.3 Å². The lowest BCUT2D eigenvalue weighted by Gasteiger charge is -2.46. The third-order valence-electron chi connectivity index (χ3n) is 11.8. The van der Waals surface area contributed by atoms with Crippen LogP contribution in [0.4, 0.5) is 0 Å². The minimum atomic E-state index is -0.921. The summed E-state index contributed by atoms with van der Waals surface area (Å²) in [5.74, 6) is -0.683. The molecule has 3 aliphatic carbocycles. The van der Waals surface area contributed by atoms with E-state index in [0.717, 1.165) is 32.1 Å². The Hall–Kier alpha value is -4.47. The third-order valence-corrected chi connectivity index (χ3v) is 11.8. The number of cyclic esters (lactones) is 1. The first-order valence-corrected chi connectivity index (χ1v) is 19.4. The Bertz CT molecular complexity index is 1740. The molecule has 5 atom stereocenters. The number of allylic oxidation sites excluding steroid dienone is 2. The zero-order chi connectivity index (χ0) is 37.6. The SMILES string of the molecule is COc1cc(C(CC(=O)NC2C3CCCC2C2=C(CCCC2)C3)c2c(O)cc3c(c2O)C(=O)OC(C)CCCC(=O)CCCC=C3)cc(OC)c1OC. The number of benzene rings is 2. The maximum absolute atomic E-state index is 14.3. The van der Waals surface area contributed by atoms with Crippen LogP contribution >= 0.6 is 0 Å². The van der Waals surface area contributed by atoms with Crippen molar-refractivity contribution in [3.05, 3.63) is 57.7 Å². The summed E-state index contributed by atoms with van der Waals surface area (Å²) >= 11 is 0. The molecular formula is C43H55NO9. The highest BCUT2D eigenvalue weighted by Gasteiger charge is 2.42. The highest BCUT2D eigenvalue weighted by Crippen LogP contribution is 2.50. The van der Waals surface area contributed by atoms with Crippen LogP contribution in [0.1, 0.15) is 136 Å². The summed E-state index contributed by atoms with van der Waals surface area (Å²) in [6.45, 7) is 1.76. The topological polar surface area (TPSA) is 141 Å². The number of phenols is 2. The van der Waals surface area contributed by atoms with Gasteiger partial charge in [-0.25, -0.2) is 4.79 Å². The van der Waals surface area contributed by atoms with Gasteiger partial charge in [0.25, 0.3) is 0 Å². The molecule has 53 heavy (non-hydrogen) atoms. The van der Waals surface area contributed by atoms with Gasteiger partial charge in [0.05, 0.1) is 27.4 Å². The van der Waals surface area contributed by atoms with Gasteiger partial charge in [-0.05, 0) is 113 Å². The number of amides is 1. The second kappa shape index (κ2) is 17.1. The van der Waals surface area contributed by atoms with Crippen LogP contribution in [-0.2, 0) is 14.3 Å². The van der Waals surface area contributed by atoms with Gasteiger partial charge in [0.15, 0.2) is 11.5 Å². The molecule has 1 saturated carbocycles. The van der Waals surface area contributed by atoms with E-state index < -0.39 is 23.7 Å². The van der Waals surface area contributed by atoms with Crippen molar-refractivity contribution in [2.45, 2.75) is 121 Å².